The molecule has 1 aliphatic rings. The molecule has 114 valence electrons. The molecule has 0 spiro atoms. The van der Waals surface area contributed by atoms with Gasteiger partial charge in [-0.05, 0) is 43.3 Å². The molecule has 2 aromatic carbocycles. The third-order valence-electron chi connectivity index (χ3n) is 3.37. The molecule has 1 N–H and O–H groups in total. The van der Waals surface area contributed by atoms with Crippen molar-refractivity contribution in [2.24, 2.45) is 5.10 Å². The van der Waals surface area contributed by atoms with Gasteiger partial charge in [0, 0.05) is 11.8 Å². The zero-order valence-corrected chi connectivity index (χ0v) is 12.3. The van der Waals surface area contributed by atoms with Crippen molar-refractivity contribution in [1.29, 1.82) is 0 Å². The van der Waals surface area contributed by atoms with Crippen LogP contribution < -0.4 is 19.8 Å². The van der Waals surface area contributed by atoms with E-state index in [0.717, 1.165) is 11.5 Å². The number of anilines is 1. The molecule has 0 amide bonds. The topological polar surface area (TPSA) is 46.1 Å². The fourth-order valence-corrected chi connectivity index (χ4v) is 2.21. The monoisotopic (exact) mass is 301 g/mol. The second-order valence-electron chi connectivity index (χ2n) is 4.80. The lowest BCUT2D eigenvalue weighted by Gasteiger charge is -2.17. The highest BCUT2D eigenvalue weighted by Gasteiger charge is 2.14. The average molecular weight is 301 g/mol. The first-order chi connectivity index (χ1) is 10.7. The van der Waals surface area contributed by atoms with Gasteiger partial charge in [-0.15, -0.1) is 0 Å². The number of hydrogen-bond donors (Lipinski definition) is 1. The van der Waals surface area contributed by atoms with Crippen molar-refractivity contribution in [3.8, 4) is 17.2 Å². The van der Waals surface area contributed by atoms with Crippen LogP contribution in [0.3, 0.4) is 0 Å². The van der Waals surface area contributed by atoms with Crippen molar-refractivity contribution >= 4 is 11.5 Å². The van der Waals surface area contributed by atoms with Gasteiger partial charge >= 0.3 is 0 Å². The Morgan fingerprint density at radius 1 is 1.14 bits per heavy atom. The number of hydrogen-bond acceptors (Lipinski definition) is 5. The van der Waals surface area contributed by atoms with Crippen LogP contribution in [0, 0.1) is 5.82 Å². The van der Waals surface area contributed by atoms with E-state index in [0.29, 0.717) is 18.2 Å². The minimum atomic E-state index is -0.415. The van der Waals surface area contributed by atoms with Crippen molar-refractivity contribution < 1.29 is 13.9 Å². The lowest BCUT2D eigenvalue weighted by molar-refractivity contribution is 0.381. The molecule has 3 rings (SSSR count). The van der Waals surface area contributed by atoms with Gasteiger partial charge in [-0.2, -0.15) is 5.10 Å². The summed E-state index contributed by atoms with van der Waals surface area (Å²) in [6, 6.07) is 12.0. The third kappa shape index (κ3) is 2.81. The van der Waals surface area contributed by atoms with Gasteiger partial charge in [-0.1, -0.05) is 0 Å². The lowest BCUT2D eigenvalue weighted by Crippen LogP contribution is -2.27. The molecule has 0 bridgehead atoms. The molecule has 0 radical (unpaired) electrons. The van der Waals surface area contributed by atoms with E-state index >= 15 is 0 Å². The van der Waals surface area contributed by atoms with E-state index in [4.69, 9.17) is 9.47 Å². The van der Waals surface area contributed by atoms with Crippen LogP contribution in [0.5, 0.6) is 17.2 Å². The predicted molar refractivity (Wildman–Crippen MR) is 83.1 cm³/mol. The van der Waals surface area contributed by atoms with E-state index in [9.17, 15) is 4.39 Å². The van der Waals surface area contributed by atoms with E-state index < -0.39 is 5.82 Å². The molecule has 0 aliphatic carbocycles. The van der Waals surface area contributed by atoms with Gasteiger partial charge in [-0.3, -0.25) is 5.43 Å². The molecule has 1 aliphatic heterocycles. The van der Waals surface area contributed by atoms with Crippen LogP contribution in [0.15, 0.2) is 47.6 Å². The summed E-state index contributed by atoms with van der Waals surface area (Å²) >= 11 is 0. The summed E-state index contributed by atoms with van der Waals surface area (Å²) in [5, 5.41) is 4.12. The van der Waals surface area contributed by atoms with Crippen molar-refractivity contribution in [2.45, 2.75) is 6.92 Å². The number of amidine groups is 1. The molecule has 0 saturated carbocycles. The molecule has 2 aromatic rings. The first-order valence-corrected chi connectivity index (χ1v) is 6.83. The highest BCUT2D eigenvalue weighted by atomic mass is 19.1. The molecular formula is C16H16FN3O2. The summed E-state index contributed by atoms with van der Waals surface area (Å²) in [5.74, 6) is 1.84. The first-order valence-electron chi connectivity index (χ1n) is 6.83. The normalized spacial score (nSPS) is 13.6. The summed E-state index contributed by atoms with van der Waals surface area (Å²) in [6.07, 6.45) is 0. The number of benzene rings is 2. The van der Waals surface area contributed by atoms with Crippen LogP contribution in [0.25, 0.3) is 0 Å². The number of nitrogens with one attached hydrogen (secondary N) is 1. The zero-order valence-electron chi connectivity index (χ0n) is 12.3. The van der Waals surface area contributed by atoms with Gasteiger partial charge in [0.15, 0.2) is 11.6 Å². The molecule has 0 unspecified atom stereocenters. The highest BCUT2D eigenvalue weighted by molar-refractivity contribution is 5.96. The van der Waals surface area contributed by atoms with Crippen molar-refractivity contribution in [3.63, 3.8) is 0 Å². The summed E-state index contributed by atoms with van der Waals surface area (Å²) in [5.41, 5.74) is 3.95. The first kappa shape index (κ1) is 14.2. The van der Waals surface area contributed by atoms with Gasteiger partial charge in [0.05, 0.1) is 7.11 Å². The zero-order chi connectivity index (χ0) is 15.5. The minimum Gasteiger partial charge on any atom is -0.494 e. The Kier molecular flexibility index (Phi) is 3.82. The molecule has 6 heteroatoms. The minimum absolute atomic E-state index is 0.157. The Bertz CT molecular complexity index is 701. The molecule has 0 atom stereocenters. The molecule has 0 saturated heterocycles. The van der Waals surface area contributed by atoms with Gasteiger partial charge in [0.2, 0.25) is 0 Å². The van der Waals surface area contributed by atoms with Crippen LogP contribution >= 0.6 is 0 Å². The summed E-state index contributed by atoms with van der Waals surface area (Å²) in [4.78, 5) is 2.05. The number of methoxy groups -OCH3 is 1. The maximum absolute atomic E-state index is 13.4. The molecule has 0 fully saturated rings. The van der Waals surface area contributed by atoms with E-state index in [1.54, 1.807) is 6.07 Å². The number of halogens is 1. The SMILES string of the molecule is COc1cc(Oc2ccc(N3CNN=C3C)cc2)ccc1F. The quantitative estimate of drug-likeness (QED) is 0.941. The Labute approximate surface area is 128 Å². The fourth-order valence-electron chi connectivity index (χ4n) is 2.21. The van der Waals surface area contributed by atoms with Crippen LogP contribution in [-0.4, -0.2) is 19.6 Å². The summed E-state index contributed by atoms with van der Waals surface area (Å²) in [7, 11) is 1.42. The van der Waals surface area contributed by atoms with Crippen molar-refractivity contribution in [1.82, 2.24) is 5.43 Å². The van der Waals surface area contributed by atoms with E-state index in [1.807, 2.05) is 36.1 Å². The Morgan fingerprint density at radius 2 is 1.86 bits per heavy atom. The van der Waals surface area contributed by atoms with Gasteiger partial charge in [0.1, 0.15) is 24.0 Å². The van der Waals surface area contributed by atoms with Crippen LogP contribution in [-0.2, 0) is 0 Å². The number of ether oxygens (including phenoxy) is 2. The van der Waals surface area contributed by atoms with E-state index in [1.165, 1.54) is 19.2 Å². The van der Waals surface area contributed by atoms with E-state index in [-0.39, 0.29) is 5.75 Å². The smallest absolute Gasteiger partial charge is 0.165 e. The second kappa shape index (κ2) is 5.93. The number of hydrazone groups is 1. The summed E-state index contributed by atoms with van der Waals surface area (Å²) < 4.78 is 24.0. The fraction of sp³-hybridized carbons (Fsp3) is 0.188. The van der Waals surface area contributed by atoms with Crippen LogP contribution in [0.2, 0.25) is 0 Å². The van der Waals surface area contributed by atoms with E-state index in [2.05, 4.69) is 10.5 Å². The number of nitrogens with zero attached hydrogens (tertiary/aromatic N) is 2. The van der Waals surface area contributed by atoms with Gasteiger partial charge in [-0.25, -0.2) is 4.39 Å². The Balaban J connectivity index is 1.75. The molecule has 1 heterocycles. The Morgan fingerprint density at radius 3 is 2.50 bits per heavy atom. The Hall–Kier alpha value is -2.76. The molecule has 22 heavy (non-hydrogen) atoms. The van der Waals surface area contributed by atoms with Crippen molar-refractivity contribution in [3.05, 3.63) is 48.3 Å². The maximum atomic E-state index is 13.4. The van der Waals surface area contributed by atoms with Crippen LogP contribution in [0.1, 0.15) is 6.92 Å². The number of rotatable bonds is 4. The standard InChI is InChI=1S/C16H16FN3O2/c1-11-19-18-10-20(11)12-3-5-13(6-4-12)22-14-7-8-15(17)16(9-14)21-2/h3-9,18H,10H2,1-2H3. The second-order valence-corrected chi connectivity index (χ2v) is 4.80. The molecule has 0 aromatic heterocycles. The van der Waals surface area contributed by atoms with Gasteiger partial charge < -0.3 is 14.4 Å². The molecule has 5 nitrogen and oxygen atoms in total. The molecular weight excluding hydrogens is 285 g/mol. The lowest BCUT2D eigenvalue weighted by atomic mass is 10.2. The van der Waals surface area contributed by atoms with Gasteiger partial charge in [0.25, 0.3) is 0 Å². The average Bonchev–Trinajstić information content (AvgIpc) is 2.96. The van der Waals surface area contributed by atoms with Crippen LogP contribution in [0.4, 0.5) is 10.1 Å². The third-order valence-corrected chi connectivity index (χ3v) is 3.37. The largest absolute Gasteiger partial charge is 0.494 e. The summed E-state index contributed by atoms with van der Waals surface area (Å²) in [6.45, 7) is 2.59. The van der Waals surface area contributed by atoms with Crippen molar-refractivity contribution in [2.75, 3.05) is 18.7 Å². The highest BCUT2D eigenvalue weighted by Crippen LogP contribution is 2.28. The maximum Gasteiger partial charge on any atom is 0.165 e. The predicted octanol–water partition coefficient (Wildman–Crippen LogP) is 3.33.